The van der Waals surface area contributed by atoms with E-state index >= 15 is 0 Å². The maximum absolute atomic E-state index is 13.1. The van der Waals surface area contributed by atoms with Crippen molar-refractivity contribution in [1.82, 2.24) is 20.2 Å². The monoisotopic (exact) mass is 441 g/mol. The first-order valence-electron chi connectivity index (χ1n) is 10.1. The predicted octanol–water partition coefficient (Wildman–Crippen LogP) is 3.14. The average molecular weight is 442 g/mol. The first-order valence-corrected chi connectivity index (χ1v) is 11.5. The fourth-order valence-electron chi connectivity index (χ4n) is 3.63. The second-order valence-electron chi connectivity index (χ2n) is 7.33. The number of aromatic nitrogens is 2. The van der Waals surface area contributed by atoms with Crippen molar-refractivity contribution in [2.24, 2.45) is 0 Å². The number of fused-ring (bicyclic) bond motifs is 3. The maximum Gasteiger partial charge on any atom is 0.324 e. The van der Waals surface area contributed by atoms with E-state index in [1.165, 1.54) is 12.1 Å². The zero-order chi connectivity index (χ0) is 21.8. The van der Waals surface area contributed by atoms with Crippen molar-refractivity contribution < 1.29 is 14.0 Å². The molecule has 2 heterocycles. The first kappa shape index (κ1) is 21.2. The van der Waals surface area contributed by atoms with Crippen LogP contribution < -0.4 is 15.5 Å². The van der Waals surface area contributed by atoms with Crippen LogP contribution in [0.25, 0.3) is 11.0 Å². The van der Waals surface area contributed by atoms with Gasteiger partial charge in [-0.1, -0.05) is 24.3 Å². The third kappa shape index (κ3) is 4.66. The van der Waals surface area contributed by atoms with Crippen molar-refractivity contribution in [3.05, 3.63) is 59.9 Å². The normalized spacial score (nSPS) is 13.8. The summed E-state index contributed by atoms with van der Waals surface area (Å²) in [5, 5.41) is 5.71. The summed E-state index contributed by atoms with van der Waals surface area (Å²) >= 11 is 1.61. The molecule has 0 spiro atoms. The topological polar surface area (TPSA) is 79.3 Å². The molecule has 0 radical (unpaired) electrons. The van der Waals surface area contributed by atoms with E-state index in [0.717, 1.165) is 22.3 Å². The van der Waals surface area contributed by atoms with Gasteiger partial charge in [0.15, 0.2) is 0 Å². The van der Waals surface area contributed by atoms with Crippen LogP contribution in [0.5, 0.6) is 0 Å². The number of halogens is 1. The van der Waals surface area contributed by atoms with Crippen LogP contribution in [0.15, 0.2) is 48.5 Å². The Balaban J connectivity index is 1.43. The smallest absolute Gasteiger partial charge is 0.324 e. The van der Waals surface area contributed by atoms with Gasteiger partial charge in [0, 0.05) is 19.6 Å². The van der Waals surface area contributed by atoms with Gasteiger partial charge >= 0.3 is 6.03 Å². The number of para-hydroxylation sites is 2. The molecule has 162 valence electrons. The summed E-state index contributed by atoms with van der Waals surface area (Å²) in [6.07, 6.45) is 2.46. The van der Waals surface area contributed by atoms with Crippen LogP contribution in [-0.4, -0.2) is 46.1 Å². The van der Waals surface area contributed by atoms with Gasteiger partial charge in [-0.05, 0) is 48.3 Å². The molecule has 1 aromatic heterocycles. The van der Waals surface area contributed by atoms with Gasteiger partial charge in [-0.25, -0.2) is 14.2 Å². The molecule has 3 aromatic rings. The molecule has 0 fully saturated rings. The van der Waals surface area contributed by atoms with E-state index in [1.54, 1.807) is 28.8 Å². The number of imidazole rings is 1. The molecule has 2 N–H and O–H groups in total. The number of amides is 3. The number of anilines is 1. The molecule has 4 rings (SSSR count). The molecule has 0 unspecified atom stereocenters. The molecular formula is C22H24FN5O2S. The largest absolute Gasteiger partial charge is 0.350 e. The number of rotatable bonds is 7. The quantitative estimate of drug-likeness (QED) is 0.590. The Kier molecular flexibility index (Phi) is 6.41. The highest BCUT2D eigenvalue weighted by molar-refractivity contribution is 7.98. The van der Waals surface area contributed by atoms with Gasteiger partial charge in [-0.2, -0.15) is 11.8 Å². The van der Waals surface area contributed by atoms with Crippen LogP contribution in [0, 0.1) is 5.82 Å². The number of thioether (sulfide) groups is 1. The molecule has 0 saturated heterocycles. The van der Waals surface area contributed by atoms with Crippen LogP contribution in [0.4, 0.5) is 15.1 Å². The van der Waals surface area contributed by atoms with E-state index in [0.29, 0.717) is 25.5 Å². The van der Waals surface area contributed by atoms with Gasteiger partial charge in [0.2, 0.25) is 11.9 Å². The molecule has 1 aliphatic rings. The number of urea groups is 1. The Hall–Kier alpha value is -3.07. The number of carbonyl (C=O) groups excluding carboxylic acids is 2. The van der Waals surface area contributed by atoms with Crippen LogP contribution in [0.2, 0.25) is 0 Å². The van der Waals surface area contributed by atoms with E-state index < -0.39 is 6.04 Å². The summed E-state index contributed by atoms with van der Waals surface area (Å²) in [7, 11) is 0. The van der Waals surface area contributed by atoms with E-state index in [1.807, 2.05) is 35.1 Å². The molecule has 9 heteroatoms. The standard InChI is InChI=1S/C22H24FN5O2S/c1-31-13-10-18(20(29)24-14-15-6-8-16(23)9-7-15)26-22(30)28-12-11-27-19-5-3-2-4-17(19)25-21(27)28/h2-9,18H,10-14H2,1H3,(H,24,29)(H,26,30)/t18-/m0/s1. The molecule has 31 heavy (non-hydrogen) atoms. The lowest BCUT2D eigenvalue weighted by Gasteiger charge is -2.22. The van der Waals surface area contributed by atoms with Crippen molar-refractivity contribution in [2.45, 2.75) is 25.6 Å². The summed E-state index contributed by atoms with van der Waals surface area (Å²) in [6, 6.07) is 12.7. The highest BCUT2D eigenvalue weighted by Gasteiger charge is 2.31. The number of nitrogens with zero attached hydrogens (tertiary/aromatic N) is 3. The highest BCUT2D eigenvalue weighted by Crippen LogP contribution is 2.27. The van der Waals surface area contributed by atoms with Crippen LogP contribution >= 0.6 is 11.8 Å². The second kappa shape index (κ2) is 9.38. The molecular weight excluding hydrogens is 417 g/mol. The SMILES string of the molecule is CSCC[C@H](NC(=O)N1CCn2c1nc1ccccc12)C(=O)NCc1ccc(F)cc1. The minimum Gasteiger partial charge on any atom is -0.350 e. The first-order chi connectivity index (χ1) is 15.1. The van der Waals surface area contributed by atoms with Gasteiger partial charge < -0.3 is 15.2 Å². The molecule has 1 aliphatic heterocycles. The number of benzene rings is 2. The highest BCUT2D eigenvalue weighted by atomic mass is 32.2. The zero-order valence-electron chi connectivity index (χ0n) is 17.2. The van der Waals surface area contributed by atoms with Gasteiger partial charge in [0.1, 0.15) is 11.9 Å². The number of carbonyl (C=O) groups is 2. The molecule has 2 aromatic carbocycles. The Morgan fingerprint density at radius 1 is 1.16 bits per heavy atom. The Morgan fingerprint density at radius 2 is 1.94 bits per heavy atom. The average Bonchev–Trinajstić information content (AvgIpc) is 3.35. The zero-order valence-corrected chi connectivity index (χ0v) is 18.0. The van der Waals surface area contributed by atoms with Crippen molar-refractivity contribution in [3.8, 4) is 0 Å². The maximum atomic E-state index is 13.1. The van der Waals surface area contributed by atoms with E-state index in [4.69, 9.17) is 0 Å². The van der Waals surface area contributed by atoms with E-state index in [9.17, 15) is 14.0 Å². The third-order valence-electron chi connectivity index (χ3n) is 5.27. The van der Waals surface area contributed by atoms with Crippen molar-refractivity contribution in [3.63, 3.8) is 0 Å². The fourth-order valence-corrected chi connectivity index (χ4v) is 4.10. The lowest BCUT2D eigenvalue weighted by atomic mass is 10.2. The van der Waals surface area contributed by atoms with Crippen LogP contribution in [-0.2, 0) is 17.9 Å². The van der Waals surface area contributed by atoms with E-state index in [2.05, 4.69) is 15.6 Å². The molecule has 0 aliphatic carbocycles. The van der Waals surface area contributed by atoms with Gasteiger partial charge in [-0.15, -0.1) is 0 Å². The second-order valence-corrected chi connectivity index (χ2v) is 8.32. The number of nitrogens with one attached hydrogen (secondary N) is 2. The minimum absolute atomic E-state index is 0.264. The minimum atomic E-state index is -0.668. The molecule has 0 saturated carbocycles. The lowest BCUT2D eigenvalue weighted by molar-refractivity contribution is -0.123. The van der Waals surface area contributed by atoms with E-state index in [-0.39, 0.29) is 24.3 Å². The summed E-state index contributed by atoms with van der Waals surface area (Å²) in [5.41, 5.74) is 2.62. The lowest BCUT2D eigenvalue weighted by Crippen LogP contribution is -2.51. The summed E-state index contributed by atoms with van der Waals surface area (Å²) < 4.78 is 15.1. The van der Waals surface area contributed by atoms with Gasteiger partial charge in [-0.3, -0.25) is 9.69 Å². The van der Waals surface area contributed by atoms with Crippen molar-refractivity contribution in [2.75, 3.05) is 23.5 Å². The van der Waals surface area contributed by atoms with Crippen molar-refractivity contribution >= 4 is 40.7 Å². The molecule has 7 nitrogen and oxygen atoms in total. The van der Waals surface area contributed by atoms with Gasteiger partial charge in [0.05, 0.1) is 11.0 Å². The van der Waals surface area contributed by atoms with Gasteiger partial charge in [0.25, 0.3) is 0 Å². The molecule has 3 amide bonds. The molecule has 0 bridgehead atoms. The predicted molar refractivity (Wildman–Crippen MR) is 121 cm³/mol. The third-order valence-corrected chi connectivity index (χ3v) is 5.92. The Morgan fingerprint density at radius 3 is 2.71 bits per heavy atom. The van der Waals surface area contributed by atoms with Crippen LogP contribution in [0.1, 0.15) is 12.0 Å². The Bertz CT molecular complexity index is 1090. The number of hydrogen-bond acceptors (Lipinski definition) is 4. The summed E-state index contributed by atoms with van der Waals surface area (Å²) in [6.45, 7) is 1.44. The Labute approximate surface area is 184 Å². The number of hydrogen-bond donors (Lipinski definition) is 2. The molecule has 1 atom stereocenters. The summed E-state index contributed by atoms with van der Waals surface area (Å²) in [5.74, 6) is 0.734. The van der Waals surface area contributed by atoms with Crippen LogP contribution in [0.3, 0.4) is 0 Å². The van der Waals surface area contributed by atoms with Crippen molar-refractivity contribution in [1.29, 1.82) is 0 Å². The summed E-state index contributed by atoms with van der Waals surface area (Å²) in [4.78, 5) is 32.0. The fraction of sp³-hybridized carbons (Fsp3) is 0.318.